The van der Waals surface area contributed by atoms with Crippen LogP contribution < -0.4 is 9.47 Å². The first-order valence-electron chi connectivity index (χ1n) is 6.38. The summed E-state index contributed by atoms with van der Waals surface area (Å²) in [6.45, 7) is 6.51. The highest BCUT2D eigenvalue weighted by Gasteiger charge is 2.19. The predicted octanol–water partition coefficient (Wildman–Crippen LogP) is 4.33. The van der Waals surface area contributed by atoms with Crippen LogP contribution >= 0.6 is 15.9 Å². The summed E-state index contributed by atoms with van der Waals surface area (Å²) in [7, 11) is 3.19. The van der Waals surface area contributed by atoms with Crippen molar-refractivity contribution in [3.05, 3.63) is 22.2 Å². The van der Waals surface area contributed by atoms with Gasteiger partial charge in [-0.25, -0.2) is 0 Å². The summed E-state index contributed by atoms with van der Waals surface area (Å²) >= 11 is 3.48. The molecule has 3 nitrogen and oxygen atoms in total. The minimum Gasteiger partial charge on any atom is -0.493 e. The molecule has 0 amide bonds. The topological polar surface area (TPSA) is 38.7 Å². The first-order chi connectivity index (χ1) is 8.78. The van der Waals surface area contributed by atoms with Crippen LogP contribution in [0.5, 0.6) is 11.5 Å². The standard InChI is InChI=1S/C15H23BrO3/c1-15(2,3)7-6-12(17)10-8-13(18-4)14(19-5)9-11(10)16/h8-9,12,17H,6-7H2,1-5H3. The summed E-state index contributed by atoms with van der Waals surface area (Å²) in [5.74, 6) is 1.29. The molecule has 0 spiro atoms. The van der Waals surface area contributed by atoms with Crippen molar-refractivity contribution in [2.24, 2.45) is 5.41 Å². The maximum atomic E-state index is 10.3. The molecule has 1 N–H and O–H groups in total. The van der Waals surface area contributed by atoms with Gasteiger partial charge in [0.15, 0.2) is 11.5 Å². The third-order valence-corrected chi connectivity index (χ3v) is 3.72. The van der Waals surface area contributed by atoms with Crippen molar-refractivity contribution in [2.75, 3.05) is 14.2 Å². The van der Waals surface area contributed by atoms with Crippen LogP contribution in [0.3, 0.4) is 0 Å². The third kappa shape index (κ3) is 4.69. The van der Waals surface area contributed by atoms with Gasteiger partial charge in [0.1, 0.15) is 0 Å². The zero-order valence-electron chi connectivity index (χ0n) is 12.3. The predicted molar refractivity (Wildman–Crippen MR) is 80.9 cm³/mol. The van der Waals surface area contributed by atoms with Crippen LogP contribution in [0.15, 0.2) is 16.6 Å². The Labute approximate surface area is 124 Å². The Kier molecular flexibility index (Phi) is 5.68. The number of methoxy groups -OCH3 is 2. The van der Waals surface area contributed by atoms with E-state index < -0.39 is 6.10 Å². The molecule has 0 aromatic heterocycles. The summed E-state index contributed by atoms with van der Waals surface area (Å²) in [5, 5.41) is 10.3. The number of aliphatic hydroxyl groups excluding tert-OH is 1. The highest BCUT2D eigenvalue weighted by Crippen LogP contribution is 2.38. The fourth-order valence-electron chi connectivity index (χ4n) is 1.85. The number of hydrogen-bond acceptors (Lipinski definition) is 3. The van der Waals surface area contributed by atoms with E-state index in [9.17, 15) is 5.11 Å². The Morgan fingerprint density at radius 2 is 1.68 bits per heavy atom. The van der Waals surface area contributed by atoms with E-state index in [0.717, 1.165) is 22.9 Å². The lowest BCUT2D eigenvalue weighted by Gasteiger charge is -2.21. The second-order valence-electron chi connectivity index (χ2n) is 5.84. The van der Waals surface area contributed by atoms with Gasteiger partial charge in [0.2, 0.25) is 0 Å². The van der Waals surface area contributed by atoms with Crippen molar-refractivity contribution >= 4 is 15.9 Å². The van der Waals surface area contributed by atoms with Gasteiger partial charge in [0, 0.05) is 4.47 Å². The van der Waals surface area contributed by atoms with Gasteiger partial charge < -0.3 is 14.6 Å². The van der Waals surface area contributed by atoms with Gasteiger partial charge in [0.05, 0.1) is 20.3 Å². The second-order valence-corrected chi connectivity index (χ2v) is 6.70. The number of rotatable bonds is 5. The zero-order chi connectivity index (χ0) is 14.6. The molecule has 1 aromatic rings. The molecule has 1 aromatic carbocycles. The van der Waals surface area contributed by atoms with E-state index in [1.807, 2.05) is 12.1 Å². The van der Waals surface area contributed by atoms with E-state index in [0.29, 0.717) is 11.5 Å². The van der Waals surface area contributed by atoms with Crippen LogP contribution in [0.25, 0.3) is 0 Å². The minimum atomic E-state index is -0.506. The van der Waals surface area contributed by atoms with Crippen molar-refractivity contribution in [2.45, 2.75) is 39.7 Å². The Morgan fingerprint density at radius 1 is 1.16 bits per heavy atom. The molecule has 0 heterocycles. The molecule has 1 atom stereocenters. The Bertz CT molecular complexity index is 424. The lowest BCUT2D eigenvalue weighted by atomic mass is 9.88. The molecule has 0 saturated carbocycles. The molecule has 0 bridgehead atoms. The van der Waals surface area contributed by atoms with Crippen molar-refractivity contribution in [1.29, 1.82) is 0 Å². The van der Waals surface area contributed by atoms with Crippen molar-refractivity contribution < 1.29 is 14.6 Å². The Hall–Kier alpha value is -0.740. The van der Waals surface area contributed by atoms with Crippen LogP contribution in [-0.4, -0.2) is 19.3 Å². The molecular weight excluding hydrogens is 308 g/mol. The van der Waals surface area contributed by atoms with E-state index in [-0.39, 0.29) is 5.41 Å². The molecule has 0 aliphatic rings. The third-order valence-electron chi connectivity index (χ3n) is 3.03. The van der Waals surface area contributed by atoms with Crippen molar-refractivity contribution in [3.8, 4) is 11.5 Å². The lowest BCUT2D eigenvalue weighted by molar-refractivity contribution is 0.146. The summed E-state index contributed by atoms with van der Waals surface area (Å²) in [5.41, 5.74) is 1.05. The fraction of sp³-hybridized carbons (Fsp3) is 0.600. The molecule has 0 aliphatic carbocycles. The van der Waals surface area contributed by atoms with Crippen LogP contribution in [0, 0.1) is 5.41 Å². The van der Waals surface area contributed by atoms with Gasteiger partial charge in [-0.1, -0.05) is 36.7 Å². The van der Waals surface area contributed by atoms with Crippen LogP contribution in [-0.2, 0) is 0 Å². The Morgan fingerprint density at radius 3 is 2.16 bits per heavy atom. The van der Waals surface area contributed by atoms with Gasteiger partial charge in [-0.15, -0.1) is 0 Å². The van der Waals surface area contributed by atoms with Crippen molar-refractivity contribution in [1.82, 2.24) is 0 Å². The number of aliphatic hydroxyl groups is 1. The molecule has 0 radical (unpaired) electrons. The van der Waals surface area contributed by atoms with Crippen LogP contribution in [0.2, 0.25) is 0 Å². The normalized spacial score (nSPS) is 13.2. The summed E-state index contributed by atoms with van der Waals surface area (Å²) in [4.78, 5) is 0. The van der Waals surface area contributed by atoms with E-state index in [4.69, 9.17) is 9.47 Å². The highest BCUT2D eigenvalue weighted by atomic mass is 79.9. The monoisotopic (exact) mass is 330 g/mol. The average molecular weight is 331 g/mol. The minimum absolute atomic E-state index is 0.212. The average Bonchev–Trinajstić information content (AvgIpc) is 2.34. The first-order valence-corrected chi connectivity index (χ1v) is 7.17. The molecule has 19 heavy (non-hydrogen) atoms. The quantitative estimate of drug-likeness (QED) is 0.873. The summed E-state index contributed by atoms with van der Waals surface area (Å²) in [6, 6.07) is 3.66. The second kappa shape index (κ2) is 6.62. The molecule has 1 unspecified atom stereocenters. The SMILES string of the molecule is COc1cc(Br)c(C(O)CCC(C)(C)C)cc1OC. The molecule has 1 rings (SSSR count). The number of ether oxygens (including phenoxy) is 2. The van der Waals surface area contributed by atoms with Crippen molar-refractivity contribution in [3.63, 3.8) is 0 Å². The van der Waals surface area contributed by atoms with E-state index >= 15 is 0 Å². The molecule has 0 fully saturated rings. The van der Waals surface area contributed by atoms with E-state index in [1.54, 1.807) is 14.2 Å². The molecular formula is C15H23BrO3. The van der Waals surface area contributed by atoms with E-state index in [1.165, 1.54) is 0 Å². The summed E-state index contributed by atoms with van der Waals surface area (Å²) < 4.78 is 11.3. The van der Waals surface area contributed by atoms with Crippen LogP contribution in [0.4, 0.5) is 0 Å². The number of halogens is 1. The van der Waals surface area contributed by atoms with Gasteiger partial charge in [0.25, 0.3) is 0 Å². The zero-order valence-corrected chi connectivity index (χ0v) is 13.9. The molecule has 0 aliphatic heterocycles. The maximum Gasteiger partial charge on any atom is 0.161 e. The smallest absolute Gasteiger partial charge is 0.161 e. The largest absolute Gasteiger partial charge is 0.493 e. The Balaban J connectivity index is 2.93. The molecule has 108 valence electrons. The fourth-order valence-corrected chi connectivity index (χ4v) is 2.44. The number of hydrogen-bond donors (Lipinski definition) is 1. The van der Waals surface area contributed by atoms with E-state index in [2.05, 4.69) is 36.7 Å². The lowest BCUT2D eigenvalue weighted by Crippen LogP contribution is -2.09. The van der Waals surface area contributed by atoms with Gasteiger partial charge in [-0.3, -0.25) is 0 Å². The molecule has 4 heteroatoms. The summed E-state index contributed by atoms with van der Waals surface area (Å²) in [6.07, 6.45) is 1.17. The first kappa shape index (κ1) is 16.3. The van der Waals surface area contributed by atoms with Gasteiger partial charge >= 0.3 is 0 Å². The maximum absolute atomic E-state index is 10.3. The number of benzene rings is 1. The van der Waals surface area contributed by atoms with Gasteiger partial charge in [-0.05, 0) is 36.0 Å². The molecule has 0 saturated heterocycles. The van der Waals surface area contributed by atoms with Gasteiger partial charge in [-0.2, -0.15) is 0 Å². The highest BCUT2D eigenvalue weighted by molar-refractivity contribution is 9.10. The van der Waals surface area contributed by atoms with Crippen LogP contribution in [0.1, 0.15) is 45.3 Å².